The minimum Gasteiger partial charge on any atom is -0.329 e. The number of rotatable bonds is 2. The van der Waals surface area contributed by atoms with Crippen molar-refractivity contribution in [2.75, 3.05) is 13.6 Å². The fourth-order valence-corrected chi connectivity index (χ4v) is 2.99. The smallest absolute Gasteiger partial charge is 0.179 e. The number of nitrogens with one attached hydrogen (secondary N) is 1. The van der Waals surface area contributed by atoms with Crippen molar-refractivity contribution in [1.29, 1.82) is 0 Å². The molecule has 1 unspecified atom stereocenters. The second kappa shape index (κ2) is 4.48. The van der Waals surface area contributed by atoms with Crippen molar-refractivity contribution in [3.05, 3.63) is 22.6 Å². The van der Waals surface area contributed by atoms with Gasteiger partial charge in [0.15, 0.2) is 10.4 Å². The summed E-state index contributed by atoms with van der Waals surface area (Å²) in [6, 6.07) is 4.65. The van der Waals surface area contributed by atoms with E-state index >= 15 is 0 Å². The van der Waals surface area contributed by atoms with Gasteiger partial charge in [-0.25, -0.2) is 4.98 Å². The van der Waals surface area contributed by atoms with Crippen LogP contribution in [-0.2, 0) is 6.54 Å². The zero-order valence-electron chi connectivity index (χ0n) is 10.8. The molecule has 0 aliphatic carbocycles. The molecule has 1 aliphatic heterocycles. The lowest BCUT2D eigenvalue weighted by Crippen LogP contribution is -2.29. The highest BCUT2D eigenvalue weighted by Crippen LogP contribution is 2.19. The van der Waals surface area contributed by atoms with Crippen LogP contribution in [0.3, 0.4) is 0 Å². The van der Waals surface area contributed by atoms with Gasteiger partial charge >= 0.3 is 0 Å². The summed E-state index contributed by atoms with van der Waals surface area (Å²) in [4.78, 5) is 10.3. The molecule has 96 valence electrons. The predicted molar refractivity (Wildman–Crippen MR) is 75.3 cm³/mol. The molecule has 1 N–H and O–H groups in total. The van der Waals surface area contributed by atoms with Crippen molar-refractivity contribution >= 4 is 23.4 Å². The molecular weight excluding hydrogens is 244 g/mol. The van der Waals surface area contributed by atoms with E-state index in [9.17, 15) is 0 Å². The molecule has 0 spiro atoms. The van der Waals surface area contributed by atoms with Crippen molar-refractivity contribution in [2.45, 2.75) is 32.4 Å². The minimum atomic E-state index is 0.581. The molecule has 0 saturated carbocycles. The van der Waals surface area contributed by atoms with Gasteiger partial charge in [0.2, 0.25) is 0 Å². The third kappa shape index (κ3) is 1.97. The summed E-state index contributed by atoms with van der Waals surface area (Å²) in [6.45, 7) is 4.14. The number of pyridine rings is 1. The average molecular weight is 262 g/mol. The van der Waals surface area contributed by atoms with Gasteiger partial charge in [0, 0.05) is 18.3 Å². The Morgan fingerprint density at radius 3 is 3.06 bits per heavy atom. The van der Waals surface area contributed by atoms with Crippen molar-refractivity contribution in [3.8, 4) is 0 Å². The molecule has 1 saturated heterocycles. The lowest BCUT2D eigenvalue weighted by Gasteiger charge is -2.19. The Balaban J connectivity index is 2.02. The van der Waals surface area contributed by atoms with Gasteiger partial charge in [0.1, 0.15) is 0 Å². The largest absolute Gasteiger partial charge is 0.329 e. The molecule has 0 bridgehead atoms. The first kappa shape index (κ1) is 11.9. The first-order chi connectivity index (χ1) is 8.65. The number of imidazole rings is 1. The number of nitrogens with zero attached hydrogens (tertiary/aromatic N) is 3. The lowest BCUT2D eigenvalue weighted by atomic mass is 10.2. The highest BCUT2D eigenvalue weighted by Gasteiger charge is 2.22. The molecule has 18 heavy (non-hydrogen) atoms. The summed E-state index contributed by atoms with van der Waals surface area (Å²) < 4.78 is 2.92. The lowest BCUT2D eigenvalue weighted by molar-refractivity contribution is 0.283. The summed E-state index contributed by atoms with van der Waals surface area (Å²) >= 11 is 5.42. The van der Waals surface area contributed by atoms with E-state index in [0.29, 0.717) is 6.04 Å². The highest BCUT2D eigenvalue weighted by atomic mass is 32.1. The molecule has 2 aromatic rings. The Labute approximate surface area is 112 Å². The topological polar surface area (TPSA) is 36.9 Å². The van der Waals surface area contributed by atoms with Crippen LogP contribution in [-0.4, -0.2) is 39.1 Å². The van der Waals surface area contributed by atoms with E-state index in [1.165, 1.54) is 19.4 Å². The van der Waals surface area contributed by atoms with Crippen LogP contribution in [0.5, 0.6) is 0 Å². The molecule has 0 amide bonds. The van der Waals surface area contributed by atoms with Gasteiger partial charge < -0.3 is 9.88 Å². The quantitative estimate of drug-likeness (QED) is 0.845. The number of H-pyrrole nitrogens is 1. The van der Waals surface area contributed by atoms with E-state index in [2.05, 4.69) is 32.5 Å². The van der Waals surface area contributed by atoms with E-state index in [4.69, 9.17) is 12.2 Å². The number of aromatic nitrogens is 3. The minimum absolute atomic E-state index is 0.581. The van der Waals surface area contributed by atoms with Gasteiger partial charge in [0.25, 0.3) is 0 Å². The molecule has 0 aromatic carbocycles. The summed E-state index contributed by atoms with van der Waals surface area (Å²) in [5.74, 6) is 0. The van der Waals surface area contributed by atoms with E-state index < -0.39 is 0 Å². The van der Waals surface area contributed by atoms with Crippen molar-refractivity contribution in [1.82, 2.24) is 19.4 Å². The Kier molecular flexibility index (Phi) is 2.95. The molecule has 3 rings (SSSR count). The molecule has 5 heteroatoms. The molecule has 3 heterocycles. The maximum Gasteiger partial charge on any atom is 0.179 e. The fourth-order valence-electron chi connectivity index (χ4n) is 2.72. The first-order valence-corrected chi connectivity index (χ1v) is 6.82. The molecule has 1 aliphatic rings. The Hall–Kier alpha value is -1.20. The second-order valence-electron chi connectivity index (χ2n) is 5.14. The van der Waals surface area contributed by atoms with Gasteiger partial charge in [-0.2, -0.15) is 0 Å². The number of hydrogen-bond acceptors (Lipinski definition) is 3. The number of aromatic amines is 1. The summed E-state index contributed by atoms with van der Waals surface area (Å²) in [5.41, 5.74) is 3.05. The summed E-state index contributed by atoms with van der Waals surface area (Å²) in [7, 11) is 2.19. The van der Waals surface area contributed by atoms with Crippen LogP contribution in [0.4, 0.5) is 0 Å². The molecule has 1 atom stereocenters. The van der Waals surface area contributed by atoms with Crippen molar-refractivity contribution in [3.63, 3.8) is 0 Å². The van der Waals surface area contributed by atoms with E-state index in [1.54, 1.807) is 0 Å². The molecular formula is C13H18N4S. The van der Waals surface area contributed by atoms with Gasteiger partial charge in [-0.3, -0.25) is 4.57 Å². The molecule has 2 aromatic heterocycles. The molecule has 1 fully saturated rings. The number of aryl methyl sites for hydroxylation is 1. The van der Waals surface area contributed by atoms with Gasteiger partial charge in [-0.1, -0.05) is 0 Å². The van der Waals surface area contributed by atoms with Crippen molar-refractivity contribution < 1.29 is 0 Å². The van der Waals surface area contributed by atoms with Crippen LogP contribution >= 0.6 is 12.2 Å². The SMILES string of the molecule is Cc1ccc2[nH]c(=S)n(CC3CCCN3C)c2n1. The first-order valence-electron chi connectivity index (χ1n) is 6.41. The van der Waals surface area contributed by atoms with E-state index in [1.807, 2.05) is 13.0 Å². The Morgan fingerprint density at radius 2 is 2.33 bits per heavy atom. The van der Waals surface area contributed by atoms with Gasteiger partial charge in [-0.15, -0.1) is 0 Å². The van der Waals surface area contributed by atoms with Crippen LogP contribution in [0.2, 0.25) is 0 Å². The standard InChI is InChI=1S/C13H18N4S/c1-9-5-6-11-12(14-9)17(13(18)15-11)8-10-4-3-7-16(10)2/h5-6,10H,3-4,7-8H2,1-2H3,(H,15,18). The number of fused-ring (bicyclic) bond motifs is 1. The normalized spacial score (nSPS) is 20.9. The summed E-state index contributed by atoms with van der Waals surface area (Å²) in [5, 5.41) is 0. The molecule has 4 nitrogen and oxygen atoms in total. The maximum absolute atomic E-state index is 5.42. The zero-order valence-corrected chi connectivity index (χ0v) is 11.6. The van der Waals surface area contributed by atoms with Crippen LogP contribution in [0, 0.1) is 11.7 Å². The molecule has 0 radical (unpaired) electrons. The van der Waals surface area contributed by atoms with Crippen LogP contribution in [0.25, 0.3) is 11.2 Å². The van der Waals surface area contributed by atoms with E-state index in [0.717, 1.165) is 28.2 Å². The predicted octanol–water partition coefficient (Wildman–Crippen LogP) is 2.50. The van der Waals surface area contributed by atoms with Gasteiger partial charge in [-0.05, 0) is 57.7 Å². The fraction of sp³-hybridized carbons (Fsp3) is 0.538. The second-order valence-corrected chi connectivity index (χ2v) is 5.53. The number of likely N-dealkylation sites (tertiary alicyclic amines) is 1. The highest BCUT2D eigenvalue weighted by molar-refractivity contribution is 7.71. The van der Waals surface area contributed by atoms with Crippen LogP contribution in [0.15, 0.2) is 12.1 Å². The third-order valence-corrected chi connectivity index (χ3v) is 4.14. The van der Waals surface area contributed by atoms with Crippen LogP contribution in [0.1, 0.15) is 18.5 Å². The monoisotopic (exact) mass is 262 g/mol. The Bertz CT molecular complexity index is 627. The maximum atomic E-state index is 5.42. The van der Waals surface area contributed by atoms with Gasteiger partial charge in [0.05, 0.1) is 5.52 Å². The number of likely N-dealkylation sites (N-methyl/N-ethyl adjacent to an activating group) is 1. The Morgan fingerprint density at radius 1 is 1.50 bits per heavy atom. The zero-order chi connectivity index (χ0) is 12.7. The number of hydrogen-bond donors (Lipinski definition) is 1. The average Bonchev–Trinajstić information content (AvgIpc) is 2.86. The third-order valence-electron chi connectivity index (χ3n) is 3.82. The van der Waals surface area contributed by atoms with E-state index in [-0.39, 0.29) is 0 Å². The summed E-state index contributed by atoms with van der Waals surface area (Å²) in [6.07, 6.45) is 2.53. The van der Waals surface area contributed by atoms with Crippen molar-refractivity contribution in [2.24, 2.45) is 0 Å². The van der Waals surface area contributed by atoms with Crippen LogP contribution < -0.4 is 0 Å².